The highest BCUT2D eigenvalue weighted by atomic mass is 35.5. The summed E-state index contributed by atoms with van der Waals surface area (Å²) in [6.07, 6.45) is 1.42. The molecule has 6 heteroatoms. The molecule has 1 aliphatic rings. The summed E-state index contributed by atoms with van der Waals surface area (Å²) in [5.41, 5.74) is 0.680. The molecule has 0 spiro atoms. The summed E-state index contributed by atoms with van der Waals surface area (Å²) >= 11 is 5.89. The molecular weight excluding hydrogens is 290 g/mol. The standard InChI is InChI=1S/C15H20ClN3O2/c1-18(2)14(20)11-6-8-19(9-7-11)15(21)17-13-5-3-4-12(16)10-13/h3-5,10-11H,6-9H2,1-2H3,(H,17,21). The average molecular weight is 310 g/mol. The zero-order valence-corrected chi connectivity index (χ0v) is 13.1. The number of carbonyl (C=O) groups is 2. The Hall–Kier alpha value is -1.75. The Morgan fingerprint density at radius 2 is 1.95 bits per heavy atom. The van der Waals surface area contributed by atoms with Crippen molar-refractivity contribution in [1.82, 2.24) is 9.80 Å². The van der Waals surface area contributed by atoms with Gasteiger partial charge in [-0.2, -0.15) is 0 Å². The number of anilines is 1. The summed E-state index contributed by atoms with van der Waals surface area (Å²) in [5, 5.41) is 3.41. The van der Waals surface area contributed by atoms with Crippen LogP contribution in [0.5, 0.6) is 0 Å². The molecule has 1 fully saturated rings. The Labute approximate surface area is 129 Å². The molecule has 0 bridgehead atoms. The number of nitrogens with one attached hydrogen (secondary N) is 1. The van der Waals surface area contributed by atoms with Gasteiger partial charge in [0.05, 0.1) is 0 Å². The molecule has 0 atom stereocenters. The number of benzene rings is 1. The summed E-state index contributed by atoms with van der Waals surface area (Å²) in [7, 11) is 3.53. The largest absolute Gasteiger partial charge is 0.349 e. The summed E-state index contributed by atoms with van der Waals surface area (Å²) < 4.78 is 0. The highest BCUT2D eigenvalue weighted by Gasteiger charge is 2.28. The van der Waals surface area contributed by atoms with Gasteiger partial charge in [0.2, 0.25) is 5.91 Å². The lowest BCUT2D eigenvalue weighted by molar-refractivity contribution is -0.134. The topological polar surface area (TPSA) is 52.7 Å². The van der Waals surface area contributed by atoms with E-state index in [0.717, 1.165) is 0 Å². The van der Waals surface area contributed by atoms with E-state index in [2.05, 4.69) is 5.32 Å². The third kappa shape index (κ3) is 4.11. The van der Waals surface area contributed by atoms with Crippen molar-refractivity contribution < 1.29 is 9.59 Å². The third-order valence-electron chi connectivity index (χ3n) is 3.65. The van der Waals surface area contributed by atoms with Crippen LogP contribution < -0.4 is 5.32 Å². The highest BCUT2D eigenvalue weighted by Crippen LogP contribution is 2.20. The first kappa shape index (κ1) is 15.6. The second kappa shape index (κ2) is 6.80. The number of hydrogen-bond acceptors (Lipinski definition) is 2. The van der Waals surface area contributed by atoms with Gasteiger partial charge in [-0.05, 0) is 31.0 Å². The molecule has 1 N–H and O–H groups in total. The molecule has 21 heavy (non-hydrogen) atoms. The molecule has 1 heterocycles. The fourth-order valence-corrected chi connectivity index (χ4v) is 2.65. The maximum absolute atomic E-state index is 12.2. The van der Waals surface area contributed by atoms with Crippen LogP contribution >= 0.6 is 11.6 Å². The predicted molar refractivity (Wildman–Crippen MR) is 83.5 cm³/mol. The van der Waals surface area contributed by atoms with E-state index in [4.69, 9.17) is 11.6 Å². The van der Waals surface area contributed by atoms with Crippen molar-refractivity contribution in [3.63, 3.8) is 0 Å². The summed E-state index contributed by atoms with van der Waals surface area (Å²) in [4.78, 5) is 27.4. The Bertz CT molecular complexity index is 525. The maximum atomic E-state index is 12.2. The van der Waals surface area contributed by atoms with Crippen LogP contribution in [-0.4, -0.2) is 48.9 Å². The van der Waals surface area contributed by atoms with E-state index < -0.39 is 0 Å². The summed E-state index contributed by atoms with van der Waals surface area (Å²) in [6.45, 7) is 1.19. The zero-order chi connectivity index (χ0) is 15.4. The van der Waals surface area contributed by atoms with Crippen molar-refractivity contribution in [2.75, 3.05) is 32.5 Å². The molecule has 0 radical (unpaired) electrons. The van der Waals surface area contributed by atoms with Crippen molar-refractivity contribution in [3.05, 3.63) is 29.3 Å². The van der Waals surface area contributed by atoms with Crippen molar-refractivity contribution >= 4 is 29.2 Å². The number of nitrogens with zero attached hydrogens (tertiary/aromatic N) is 2. The van der Waals surface area contributed by atoms with Crippen LogP contribution in [0, 0.1) is 5.92 Å². The number of carbonyl (C=O) groups excluding carboxylic acids is 2. The summed E-state index contributed by atoms with van der Waals surface area (Å²) in [6, 6.07) is 6.91. The molecule has 0 aromatic heterocycles. The van der Waals surface area contributed by atoms with Crippen LogP contribution in [0.4, 0.5) is 10.5 Å². The van der Waals surface area contributed by atoms with E-state index in [-0.39, 0.29) is 17.9 Å². The lowest BCUT2D eigenvalue weighted by Gasteiger charge is -2.32. The highest BCUT2D eigenvalue weighted by molar-refractivity contribution is 6.30. The SMILES string of the molecule is CN(C)C(=O)C1CCN(C(=O)Nc2cccc(Cl)c2)CC1. The predicted octanol–water partition coefficient (Wildman–Crippen LogP) is 2.67. The second-order valence-electron chi connectivity index (χ2n) is 5.43. The van der Waals surface area contributed by atoms with Crippen LogP contribution in [0.25, 0.3) is 0 Å². The van der Waals surface area contributed by atoms with Gasteiger partial charge in [-0.1, -0.05) is 17.7 Å². The van der Waals surface area contributed by atoms with Gasteiger partial charge >= 0.3 is 6.03 Å². The fourth-order valence-electron chi connectivity index (χ4n) is 2.46. The Morgan fingerprint density at radius 3 is 2.52 bits per heavy atom. The number of piperidine rings is 1. The molecule has 114 valence electrons. The van der Waals surface area contributed by atoms with Gasteiger partial charge in [0, 0.05) is 43.8 Å². The second-order valence-corrected chi connectivity index (χ2v) is 5.87. The summed E-state index contributed by atoms with van der Waals surface area (Å²) in [5.74, 6) is 0.167. The average Bonchev–Trinajstić information content (AvgIpc) is 2.46. The third-order valence-corrected chi connectivity index (χ3v) is 3.88. The van der Waals surface area contributed by atoms with Gasteiger partial charge in [-0.15, -0.1) is 0 Å². The van der Waals surface area contributed by atoms with Crippen LogP contribution in [-0.2, 0) is 4.79 Å². The molecule has 1 saturated heterocycles. The first-order valence-electron chi connectivity index (χ1n) is 7.00. The molecule has 3 amide bonds. The molecule has 5 nitrogen and oxygen atoms in total. The first-order chi connectivity index (χ1) is 9.97. The monoisotopic (exact) mass is 309 g/mol. The number of likely N-dealkylation sites (tertiary alicyclic amines) is 1. The van der Waals surface area contributed by atoms with Crippen molar-refractivity contribution in [1.29, 1.82) is 0 Å². The minimum absolute atomic E-state index is 0.0234. The van der Waals surface area contributed by atoms with Crippen LogP contribution in [0.15, 0.2) is 24.3 Å². The van der Waals surface area contributed by atoms with Gasteiger partial charge in [0.15, 0.2) is 0 Å². The zero-order valence-electron chi connectivity index (χ0n) is 12.3. The van der Waals surface area contributed by atoms with Gasteiger partial charge in [0.25, 0.3) is 0 Å². The van der Waals surface area contributed by atoms with Crippen LogP contribution in [0.2, 0.25) is 5.02 Å². The Morgan fingerprint density at radius 1 is 1.29 bits per heavy atom. The number of urea groups is 1. The van der Waals surface area contributed by atoms with Crippen LogP contribution in [0.1, 0.15) is 12.8 Å². The Kier molecular flexibility index (Phi) is 5.07. The molecule has 0 saturated carbocycles. The fraction of sp³-hybridized carbons (Fsp3) is 0.467. The first-order valence-corrected chi connectivity index (χ1v) is 7.38. The van der Waals surface area contributed by atoms with Gasteiger partial charge in [0.1, 0.15) is 0 Å². The van der Waals surface area contributed by atoms with Crippen molar-refractivity contribution in [2.45, 2.75) is 12.8 Å². The minimum Gasteiger partial charge on any atom is -0.349 e. The lowest BCUT2D eigenvalue weighted by Crippen LogP contribution is -2.44. The number of hydrogen-bond donors (Lipinski definition) is 1. The van der Waals surface area contributed by atoms with Crippen molar-refractivity contribution in [3.8, 4) is 0 Å². The minimum atomic E-state index is -0.145. The van der Waals surface area contributed by atoms with E-state index >= 15 is 0 Å². The van der Waals surface area contributed by atoms with Gasteiger partial charge in [-0.3, -0.25) is 4.79 Å². The quantitative estimate of drug-likeness (QED) is 0.913. The smallest absolute Gasteiger partial charge is 0.321 e. The molecule has 1 aromatic carbocycles. The van der Waals surface area contributed by atoms with Gasteiger partial charge in [-0.25, -0.2) is 4.79 Å². The molecule has 1 aliphatic heterocycles. The van der Waals surface area contributed by atoms with Gasteiger partial charge < -0.3 is 15.1 Å². The number of amides is 3. The lowest BCUT2D eigenvalue weighted by atomic mass is 9.96. The normalized spacial score (nSPS) is 15.7. The van der Waals surface area contributed by atoms with E-state index in [1.54, 1.807) is 48.2 Å². The Balaban J connectivity index is 1.87. The van der Waals surface area contributed by atoms with E-state index in [1.807, 2.05) is 0 Å². The number of halogens is 1. The molecule has 0 aliphatic carbocycles. The maximum Gasteiger partial charge on any atom is 0.321 e. The molecule has 1 aromatic rings. The van der Waals surface area contributed by atoms with Crippen LogP contribution in [0.3, 0.4) is 0 Å². The van der Waals surface area contributed by atoms with Crippen molar-refractivity contribution in [2.24, 2.45) is 5.92 Å². The number of rotatable bonds is 2. The van der Waals surface area contributed by atoms with E-state index in [9.17, 15) is 9.59 Å². The molecule has 0 unspecified atom stereocenters. The molecular formula is C15H20ClN3O2. The van der Waals surface area contributed by atoms with E-state index in [0.29, 0.717) is 36.6 Å². The van der Waals surface area contributed by atoms with E-state index in [1.165, 1.54) is 0 Å². The molecule has 2 rings (SSSR count).